The minimum atomic E-state index is -1.75. The second-order valence-electron chi connectivity index (χ2n) is 13.6. The molecule has 4 N–H and O–H groups in total. The summed E-state index contributed by atoms with van der Waals surface area (Å²) in [4.78, 5) is 56.0. The van der Waals surface area contributed by atoms with Crippen molar-refractivity contribution in [2.24, 2.45) is 0 Å². The van der Waals surface area contributed by atoms with E-state index in [0.29, 0.717) is 61.3 Å². The molecule has 4 amide bonds. The van der Waals surface area contributed by atoms with Gasteiger partial charge in [0, 0.05) is 35.6 Å². The second-order valence-corrected chi connectivity index (χ2v) is 13.6. The number of hydrogen-bond donors (Lipinski definition) is 4. The van der Waals surface area contributed by atoms with Crippen molar-refractivity contribution in [3.05, 3.63) is 131 Å². The van der Waals surface area contributed by atoms with E-state index in [4.69, 9.17) is 0 Å². The Labute approximate surface area is 303 Å². The van der Waals surface area contributed by atoms with Gasteiger partial charge in [-0.25, -0.2) is 0 Å². The molecule has 4 aromatic rings. The predicted molar refractivity (Wildman–Crippen MR) is 198 cm³/mol. The zero-order valence-electron chi connectivity index (χ0n) is 29.2. The Morgan fingerprint density at radius 2 is 0.923 bits per heavy atom. The summed E-state index contributed by atoms with van der Waals surface area (Å²) in [6.45, 7) is 3.70. The lowest BCUT2D eigenvalue weighted by molar-refractivity contribution is -0.153. The predicted octanol–water partition coefficient (Wildman–Crippen LogP) is 4.76. The smallest absolute Gasteiger partial charge is 0.259 e. The highest BCUT2D eigenvalue weighted by Gasteiger charge is 2.44. The van der Waals surface area contributed by atoms with E-state index >= 15 is 0 Å². The SMILES string of the molecule is C[C@](O)(C(=O)N1CCC[C@H]1C(=O)Nc1ccc(C#Cc2ccc(NC(=O)[C@@H]3CCCN3C(=O)[C@](C)(O)c3ccccc3)cc2)cc1)c1ccccc1. The Bertz CT molecular complexity index is 1840. The monoisotopic (exact) mass is 698 g/mol. The van der Waals surface area contributed by atoms with Crippen LogP contribution in [0.25, 0.3) is 0 Å². The van der Waals surface area contributed by atoms with Crippen molar-refractivity contribution in [1.29, 1.82) is 0 Å². The largest absolute Gasteiger partial charge is 0.376 e. The molecule has 0 aromatic heterocycles. The standard InChI is InChI=1S/C42H42N4O6/c1-41(51,31-11-5-3-6-12-31)39(49)45-27-9-15-35(45)37(47)43-33-23-19-29(20-24-33)17-18-30-21-25-34(26-22-30)44-38(48)36-16-10-28-46(36)40(50)42(2,52)32-13-7-4-8-14-32/h3-8,11-14,19-26,35-36,51-52H,9-10,15-16,27-28H2,1-2H3,(H,43,47)(H,44,48)/t35-,36-,41+,42+/m0/s1. The molecule has 2 aliphatic heterocycles. The lowest BCUT2D eigenvalue weighted by Gasteiger charge is -2.31. The van der Waals surface area contributed by atoms with Crippen molar-refractivity contribution in [2.75, 3.05) is 23.7 Å². The van der Waals surface area contributed by atoms with Gasteiger partial charge in [-0.2, -0.15) is 0 Å². The minimum absolute atomic E-state index is 0.313. The van der Waals surface area contributed by atoms with Crippen LogP contribution in [0.4, 0.5) is 11.4 Å². The van der Waals surface area contributed by atoms with Gasteiger partial charge in [0.1, 0.15) is 12.1 Å². The Balaban J connectivity index is 1.03. The first-order valence-electron chi connectivity index (χ1n) is 17.5. The molecule has 2 heterocycles. The number of aliphatic hydroxyl groups is 2. The second kappa shape index (κ2) is 15.2. The summed E-state index contributed by atoms with van der Waals surface area (Å²) >= 11 is 0. The number of carbonyl (C=O) groups excluding carboxylic acids is 4. The molecule has 0 bridgehead atoms. The van der Waals surface area contributed by atoms with Gasteiger partial charge in [0.2, 0.25) is 11.8 Å². The number of nitrogens with one attached hydrogen (secondary N) is 2. The van der Waals surface area contributed by atoms with Crippen LogP contribution in [0.5, 0.6) is 0 Å². The van der Waals surface area contributed by atoms with Crippen LogP contribution in [0.2, 0.25) is 0 Å². The van der Waals surface area contributed by atoms with Crippen LogP contribution in [0.3, 0.4) is 0 Å². The summed E-state index contributed by atoms with van der Waals surface area (Å²) < 4.78 is 0. The summed E-state index contributed by atoms with van der Waals surface area (Å²) in [5.74, 6) is 4.58. The third-order valence-electron chi connectivity index (χ3n) is 9.79. The topological polar surface area (TPSA) is 139 Å². The number of amides is 4. The average molecular weight is 699 g/mol. The third kappa shape index (κ3) is 7.76. The molecule has 0 aliphatic carbocycles. The summed E-state index contributed by atoms with van der Waals surface area (Å²) in [6.07, 6.45) is 2.34. The molecule has 0 saturated carbocycles. The molecule has 6 rings (SSSR count). The maximum absolute atomic E-state index is 13.3. The van der Waals surface area contributed by atoms with Gasteiger partial charge in [-0.05, 0) is 99.2 Å². The average Bonchev–Trinajstić information content (AvgIpc) is 3.86. The normalized spacial score (nSPS) is 19.1. The van der Waals surface area contributed by atoms with Crippen LogP contribution in [0.1, 0.15) is 61.8 Å². The Morgan fingerprint density at radius 1 is 0.577 bits per heavy atom. The molecule has 10 heteroatoms. The highest BCUT2D eigenvalue weighted by molar-refractivity contribution is 6.00. The van der Waals surface area contributed by atoms with E-state index in [1.54, 1.807) is 97.1 Å². The fraction of sp³-hybridized carbons (Fsp3) is 0.286. The molecule has 266 valence electrons. The first-order chi connectivity index (χ1) is 24.9. The van der Waals surface area contributed by atoms with Crippen LogP contribution < -0.4 is 10.6 Å². The maximum atomic E-state index is 13.3. The molecular formula is C42H42N4O6. The number of likely N-dealkylation sites (tertiary alicyclic amines) is 2. The maximum Gasteiger partial charge on any atom is 0.259 e. The first kappa shape index (κ1) is 36.0. The van der Waals surface area contributed by atoms with E-state index in [-0.39, 0.29) is 11.8 Å². The van der Waals surface area contributed by atoms with Crippen LogP contribution in [-0.2, 0) is 30.4 Å². The molecule has 0 spiro atoms. The van der Waals surface area contributed by atoms with E-state index in [1.807, 2.05) is 12.1 Å². The Morgan fingerprint density at radius 3 is 1.27 bits per heavy atom. The van der Waals surface area contributed by atoms with Crippen LogP contribution in [-0.4, -0.2) is 68.8 Å². The quantitative estimate of drug-likeness (QED) is 0.196. The number of anilines is 2. The zero-order valence-corrected chi connectivity index (χ0v) is 29.2. The van der Waals surface area contributed by atoms with Crippen LogP contribution in [0.15, 0.2) is 109 Å². The first-order valence-corrected chi connectivity index (χ1v) is 17.5. The highest BCUT2D eigenvalue weighted by Crippen LogP contribution is 2.30. The Hall–Kier alpha value is -5.76. The van der Waals surface area contributed by atoms with Crippen molar-refractivity contribution in [3.63, 3.8) is 0 Å². The molecule has 2 aliphatic rings. The van der Waals surface area contributed by atoms with Crippen LogP contribution in [0, 0.1) is 11.8 Å². The molecule has 0 unspecified atom stereocenters. The van der Waals surface area contributed by atoms with E-state index in [2.05, 4.69) is 22.5 Å². The highest BCUT2D eigenvalue weighted by atomic mass is 16.3. The van der Waals surface area contributed by atoms with Crippen molar-refractivity contribution >= 4 is 35.0 Å². The molecule has 52 heavy (non-hydrogen) atoms. The van der Waals surface area contributed by atoms with Gasteiger partial charge in [0.25, 0.3) is 11.8 Å². The number of carbonyl (C=O) groups is 4. The Kier molecular flexibility index (Phi) is 10.6. The zero-order chi connectivity index (χ0) is 36.9. The minimum Gasteiger partial charge on any atom is -0.376 e. The fourth-order valence-electron chi connectivity index (χ4n) is 6.77. The molecule has 2 fully saturated rings. The molecule has 10 nitrogen and oxygen atoms in total. The molecule has 4 aromatic carbocycles. The van der Waals surface area contributed by atoms with Crippen molar-refractivity contribution in [3.8, 4) is 11.8 Å². The van der Waals surface area contributed by atoms with Gasteiger partial charge in [0.05, 0.1) is 0 Å². The van der Waals surface area contributed by atoms with Gasteiger partial charge in [0.15, 0.2) is 11.2 Å². The summed E-state index contributed by atoms with van der Waals surface area (Å²) in [6, 6.07) is 30.2. The number of benzene rings is 4. The lowest BCUT2D eigenvalue weighted by Crippen LogP contribution is -2.50. The molecule has 0 radical (unpaired) electrons. The summed E-state index contributed by atoms with van der Waals surface area (Å²) in [7, 11) is 0. The van der Waals surface area contributed by atoms with Gasteiger partial charge in [-0.1, -0.05) is 72.5 Å². The van der Waals surface area contributed by atoms with E-state index in [1.165, 1.54) is 23.6 Å². The van der Waals surface area contributed by atoms with E-state index in [0.717, 1.165) is 11.1 Å². The molecule has 2 saturated heterocycles. The number of rotatable bonds is 8. The number of nitrogens with zero attached hydrogens (tertiary/aromatic N) is 2. The fourth-order valence-corrected chi connectivity index (χ4v) is 6.77. The van der Waals surface area contributed by atoms with E-state index < -0.39 is 35.1 Å². The third-order valence-corrected chi connectivity index (χ3v) is 9.79. The van der Waals surface area contributed by atoms with E-state index in [9.17, 15) is 29.4 Å². The van der Waals surface area contributed by atoms with Gasteiger partial charge < -0.3 is 30.6 Å². The van der Waals surface area contributed by atoms with Gasteiger partial charge in [-0.15, -0.1) is 0 Å². The summed E-state index contributed by atoms with van der Waals surface area (Å²) in [5.41, 5.74) is 0.0412. The lowest BCUT2D eigenvalue weighted by atomic mass is 9.94. The number of hydrogen-bond acceptors (Lipinski definition) is 6. The van der Waals surface area contributed by atoms with Crippen molar-refractivity contribution in [1.82, 2.24) is 9.80 Å². The molecular weight excluding hydrogens is 656 g/mol. The van der Waals surface area contributed by atoms with Crippen LogP contribution >= 0.6 is 0 Å². The van der Waals surface area contributed by atoms with Crippen molar-refractivity contribution < 1.29 is 29.4 Å². The van der Waals surface area contributed by atoms with Gasteiger partial charge in [-0.3, -0.25) is 19.2 Å². The molecule has 4 atom stereocenters. The van der Waals surface area contributed by atoms with Gasteiger partial charge >= 0.3 is 0 Å². The summed E-state index contributed by atoms with van der Waals surface area (Å²) in [5, 5.41) is 27.9. The van der Waals surface area contributed by atoms with Crippen molar-refractivity contribution in [2.45, 2.75) is 62.8 Å².